The van der Waals surface area contributed by atoms with Gasteiger partial charge in [0.2, 0.25) is 5.69 Å². The smallest absolute Gasteiger partial charge is 0.232 e. The van der Waals surface area contributed by atoms with Gasteiger partial charge in [0.1, 0.15) is 0 Å². The Hall–Kier alpha value is -1.25. The molecule has 1 aromatic heterocycles. The molecule has 0 saturated carbocycles. The van der Waals surface area contributed by atoms with Gasteiger partial charge in [-0.25, -0.2) is 0 Å². The van der Waals surface area contributed by atoms with Crippen LogP contribution in [0, 0.1) is 25.1 Å². The lowest BCUT2D eigenvalue weighted by atomic mass is 10.2. The van der Waals surface area contributed by atoms with Crippen LogP contribution in [0.4, 0.5) is 0 Å². The van der Waals surface area contributed by atoms with E-state index in [1.807, 2.05) is 6.92 Å². The predicted octanol–water partition coefficient (Wildman–Crippen LogP) is 0.746. The second-order valence-corrected chi connectivity index (χ2v) is 2.34. The first-order valence-electron chi connectivity index (χ1n) is 3.32. The van der Waals surface area contributed by atoms with Crippen molar-refractivity contribution >= 4 is 0 Å². The molecular formula is C8H10NO2. The molecule has 0 aromatic carbocycles. The number of methoxy groups -OCH3 is 1. The summed E-state index contributed by atoms with van der Waals surface area (Å²) >= 11 is 0. The van der Waals surface area contributed by atoms with Crippen LogP contribution in [0.15, 0.2) is 6.20 Å². The van der Waals surface area contributed by atoms with Crippen LogP contribution in [0.5, 0.6) is 5.75 Å². The molecule has 1 aromatic rings. The topological polar surface area (TPSA) is 36.2 Å². The molecule has 0 bridgehead atoms. The molecule has 0 aliphatic carbocycles. The molecule has 11 heavy (non-hydrogen) atoms. The Morgan fingerprint density at radius 1 is 1.55 bits per heavy atom. The Bertz CT molecular complexity index is 271. The third-order valence-corrected chi connectivity index (χ3v) is 1.60. The Kier molecular flexibility index (Phi) is 1.98. The minimum absolute atomic E-state index is 0.573. The summed E-state index contributed by atoms with van der Waals surface area (Å²) in [5, 5.41) is 11.0. The number of ether oxygens (including phenoxy) is 1. The van der Waals surface area contributed by atoms with Crippen LogP contribution in [0.3, 0.4) is 0 Å². The van der Waals surface area contributed by atoms with Crippen molar-refractivity contribution in [3.8, 4) is 5.75 Å². The first-order chi connectivity index (χ1) is 5.16. The van der Waals surface area contributed by atoms with Crippen LogP contribution >= 0.6 is 0 Å². The molecule has 0 aliphatic rings. The molecule has 1 heterocycles. The summed E-state index contributed by atoms with van der Waals surface area (Å²) in [6.45, 7) is 3.57. The zero-order valence-corrected chi connectivity index (χ0v) is 6.84. The fourth-order valence-electron chi connectivity index (χ4n) is 0.990. The lowest BCUT2D eigenvalue weighted by molar-refractivity contribution is -0.613. The van der Waals surface area contributed by atoms with Crippen molar-refractivity contribution in [3.05, 3.63) is 28.7 Å². The van der Waals surface area contributed by atoms with E-state index in [0.29, 0.717) is 11.4 Å². The van der Waals surface area contributed by atoms with Crippen molar-refractivity contribution in [2.45, 2.75) is 13.8 Å². The quantitative estimate of drug-likeness (QED) is 0.439. The van der Waals surface area contributed by atoms with Crippen LogP contribution in [0.2, 0.25) is 0 Å². The molecule has 0 aliphatic heterocycles. The molecule has 1 radical (unpaired) electrons. The maximum atomic E-state index is 11.0. The van der Waals surface area contributed by atoms with Gasteiger partial charge in [-0.3, -0.25) is 0 Å². The number of hydrogen-bond acceptors (Lipinski definition) is 2. The van der Waals surface area contributed by atoms with Crippen LogP contribution in [0.1, 0.15) is 11.3 Å². The van der Waals surface area contributed by atoms with Crippen molar-refractivity contribution in [2.75, 3.05) is 7.11 Å². The average Bonchev–Trinajstić information content (AvgIpc) is 1.99. The van der Waals surface area contributed by atoms with Crippen molar-refractivity contribution in [2.24, 2.45) is 0 Å². The van der Waals surface area contributed by atoms with E-state index in [9.17, 15) is 5.21 Å². The van der Waals surface area contributed by atoms with Crippen LogP contribution in [-0.4, -0.2) is 7.11 Å². The third-order valence-electron chi connectivity index (χ3n) is 1.60. The molecule has 0 amide bonds. The molecule has 1 rings (SSSR count). The maximum absolute atomic E-state index is 11.0. The van der Waals surface area contributed by atoms with Gasteiger partial charge in [0.25, 0.3) is 0 Å². The van der Waals surface area contributed by atoms with E-state index < -0.39 is 0 Å². The van der Waals surface area contributed by atoms with E-state index in [1.165, 1.54) is 6.20 Å². The third kappa shape index (κ3) is 1.27. The van der Waals surface area contributed by atoms with E-state index in [0.717, 1.165) is 10.3 Å². The van der Waals surface area contributed by atoms with Crippen molar-refractivity contribution < 1.29 is 9.47 Å². The van der Waals surface area contributed by atoms with Crippen LogP contribution in [0.25, 0.3) is 0 Å². The summed E-state index contributed by atoms with van der Waals surface area (Å²) in [5.41, 5.74) is 1.43. The second kappa shape index (κ2) is 2.78. The Balaban J connectivity index is 3.29. The number of rotatable bonds is 1. The minimum atomic E-state index is 0.573. The monoisotopic (exact) mass is 152 g/mol. The van der Waals surface area contributed by atoms with Gasteiger partial charge in [0, 0.05) is 12.5 Å². The van der Waals surface area contributed by atoms with Crippen molar-refractivity contribution in [1.82, 2.24) is 0 Å². The summed E-state index contributed by atoms with van der Waals surface area (Å²) in [6, 6.07) is 2.79. The second-order valence-electron chi connectivity index (χ2n) is 2.34. The molecular weight excluding hydrogens is 142 g/mol. The minimum Gasteiger partial charge on any atom is -0.618 e. The molecule has 0 spiro atoms. The largest absolute Gasteiger partial charge is 0.618 e. The Morgan fingerprint density at radius 3 is 2.64 bits per heavy atom. The molecule has 0 N–H and O–H groups in total. The summed E-state index contributed by atoms with van der Waals surface area (Å²) in [5.74, 6) is 0.613. The molecule has 0 saturated heterocycles. The summed E-state index contributed by atoms with van der Waals surface area (Å²) in [4.78, 5) is 0. The lowest BCUT2D eigenvalue weighted by Crippen LogP contribution is -2.30. The lowest BCUT2D eigenvalue weighted by Gasteiger charge is -2.06. The van der Waals surface area contributed by atoms with Gasteiger partial charge in [0.05, 0.1) is 13.2 Å². The van der Waals surface area contributed by atoms with E-state index in [1.54, 1.807) is 14.0 Å². The highest BCUT2D eigenvalue weighted by atomic mass is 16.5. The molecule has 0 atom stereocenters. The predicted molar refractivity (Wildman–Crippen MR) is 40.3 cm³/mol. The average molecular weight is 152 g/mol. The standard InChI is InChI=1S/C8H10NO2/c1-6-4-5-9(10)7(2)8(6)11-3/h5H,1-3H3. The van der Waals surface area contributed by atoms with Crippen LogP contribution in [-0.2, 0) is 0 Å². The van der Waals surface area contributed by atoms with Gasteiger partial charge in [0.15, 0.2) is 11.9 Å². The van der Waals surface area contributed by atoms with Gasteiger partial charge in [-0.15, -0.1) is 0 Å². The zero-order chi connectivity index (χ0) is 8.43. The zero-order valence-electron chi connectivity index (χ0n) is 6.84. The van der Waals surface area contributed by atoms with Crippen LogP contribution < -0.4 is 9.47 Å². The van der Waals surface area contributed by atoms with Gasteiger partial charge < -0.3 is 9.94 Å². The van der Waals surface area contributed by atoms with Crippen molar-refractivity contribution in [1.29, 1.82) is 0 Å². The number of aryl methyl sites for hydroxylation is 1. The van der Waals surface area contributed by atoms with E-state index in [2.05, 4.69) is 6.07 Å². The van der Waals surface area contributed by atoms with Crippen molar-refractivity contribution in [3.63, 3.8) is 0 Å². The van der Waals surface area contributed by atoms with Gasteiger partial charge in [-0.1, -0.05) is 0 Å². The molecule has 0 fully saturated rings. The number of nitrogens with zero attached hydrogens (tertiary/aromatic N) is 1. The molecule has 3 heteroatoms. The summed E-state index contributed by atoms with van der Waals surface area (Å²) < 4.78 is 5.75. The first-order valence-corrected chi connectivity index (χ1v) is 3.32. The maximum Gasteiger partial charge on any atom is 0.232 e. The number of pyridine rings is 1. The van der Waals surface area contributed by atoms with E-state index >= 15 is 0 Å². The van der Waals surface area contributed by atoms with E-state index in [-0.39, 0.29) is 0 Å². The highest BCUT2D eigenvalue weighted by molar-refractivity contribution is 5.31. The molecule has 3 nitrogen and oxygen atoms in total. The Morgan fingerprint density at radius 2 is 2.18 bits per heavy atom. The van der Waals surface area contributed by atoms with Gasteiger partial charge in [-0.05, 0) is 6.92 Å². The van der Waals surface area contributed by atoms with Gasteiger partial charge >= 0.3 is 0 Å². The first kappa shape index (κ1) is 7.85. The van der Waals surface area contributed by atoms with E-state index in [4.69, 9.17) is 4.74 Å². The highest BCUT2D eigenvalue weighted by Crippen LogP contribution is 2.17. The summed E-state index contributed by atoms with van der Waals surface area (Å²) in [7, 11) is 1.54. The number of hydrogen-bond donors (Lipinski definition) is 0. The fraction of sp³-hybridized carbons (Fsp3) is 0.375. The fourth-order valence-corrected chi connectivity index (χ4v) is 0.990. The summed E-state index contributed by atoms with van der Waals surface area (Å²) in [6.07, 6.45) is 1.35. The number of aromatic nitrogens is 1. The molecule has 59 valence electrons. The SMILES string of the molecule is COc1c(C)[c]c[n+]([O-])c1C. The van der Waals surface area contributed by atoms with Gasteiger partial charge in [-0.2, -0.15) is 4.73 Å². The Labute approximate surface area is 65.8 Å². The molecule has 0 unspecified atom stereocenters. The highest BCUT2D eigenvalue weighted by Gasteiger charge is 2.09. The normalized spacial score (nSPS) is 9.73.